The van der Waals surface area contributed by atoms with Gasteiger partial charge in [-0.3, -0.25) is 4.57 Å². The highest BCUT2D eigenvalue weighted by Crippen LogP contribution is 2.36. The van der Waals surface area contributed by atoms with Crippen LogP contribution in [0, 0.1) is 5.82 Å². The molecule has 0 N–H and O–H groups in total. The van der Waals surface area contributed by atoms with Gasteiger partial charge >= 0.3 is 12.8 Å². The minimum absolute atomic E-state index is 0.205. The molecule has 1 aromatic carbocycles. The van der Waals surface area contributed by atoms with Crippen molar-refractivity contribution in [1.29, 1.82) is 0 Å². The molecule has 0 atom stereocenters. The van der Waals surface area contributed by atoms with Crippen LogP contribution in [-0.4, -0.2) is 27.5 Å². The Morgan fingerprint density at radius 2 is 1.70 bits per heavy atom. The highest BCUT2D eigenvalue weighted by Gasteiger charge is 2.51. The summed E-state index contributed by atoms with van der Waals surface area (Å²) in [6, 6.07) is 4.65. The van der Waals surface area contributed by atoms with Crippen LogP contribution in [-0.2, 0) is 16.4 Å². The Morgan fingerprint density at radius 3 is 2.17 bits per heavy atom. The number of aromatic nitrogens is 2. The van der Waals surface area contributed by atoms with Gasteiger partial charge in [-0.1, -0.05) is 6.07 Å². The van der Waals surface area contributed by atoms with E-state index in [0.717, 1.165) is 0 Å². The summed E-state index contributed by atoms with van der Waals surface area (Å²) in [4.78, 5) is 11.9. The van der Waals surface area contributed by atoms with Crippen molar-refractivity contribution in [1.82, 2.24) is 9.13 Å². The second-order valence-electron chi connectivity index (χ2n) is 6.86. The number of imidazole rings is 1. The summed E-state index contributed by atoms with van der Waals surface area (Å²) in [5, 5.41) is 0. The molecule has 1 saturated heterocycles. The molecule has 0 unspecified atom stereocenters. The predicted octanol–water partition coefficient (Wildman–Crippen LogP) is 1.61. The van der Waals surface area contributed by atoms with Crippen LogP contribution in [0.4, 0.5) is 4.39 Å². The largest absolute Gasteiger partial charge is 0.494 e. The Labute approximate surface area is 134 Å². The number of aryl methyl sites for hydroxylation is 1. The Hall–Kier alpha value is -1.86. The maximum atomic E-state index is 14.5. The predicted molar refractivity (Wildman–Crippen MR) is 86.7 cm³/mol. The monoisotopic (exact) mass is 318 g/mol. The first-order chi connectivity index (χ1) is 10.6. The van der Waals surface area contributed by atoms with E-state index < -0.39 is 24.1 Å². The number of nitrogens with zero attached hydrogens (tertiary/aromatic N) is 2. The van der Waals surface area contributed by atoms with Crippen molar-refractivity contribution in [2.24, 2.45) is 7.05 Å². The van der Waals surface area contributed by atoms with E-state index in [4.69, 9.17) is 9.31 Å². The summed E-state index contributed by atoms with van der Waals surface area (Å²) < 4.78 is 29.0. The minimum Gasteiger partial charge on any atom is -0.399 e. The highest BCUT2D eigenvalue weighted by atomic mass is 19.1. The first-order valence-electron chi connectivity index (χ1n) is 7.52. The number of halogens is 1. The molecular weight excluding hydrogens is 298 g/mol. The normalized spacial score (nSPS) is 19.3. The number of hydrogen-bond acceptors (Lipinski definition) is 3. The first kappa shape index (κ1) is 16.0. The highest BCUT2D eigenvalue weighted by molar-refractivity contribution is 6.62. The zero-order valence-electron chi connectivity index (χ0n) is 14.0. The van der Waals surface area contributed by atoms with E-state index in [9.17, 15) is 9.18 Å². The van der Waals surface area contributed by atoms with Gasteiger partial charge in [0.15, 0.2) is 0 Å². The van der Waals surface area contributed by atoms with E-state index in [1.165, 1.54) is 21.4 Å². The van der Waals surface area contributed by atoms with Gasteiger partial charge in [0, 0.05) is 19.4 Å². The van der Waals surface area contributed by atoms with Crippen molar-refractivity contribution >= 4 is 12.6 Å². The Morgan fingerprint density at radius 1 is 1.09 bits per heavy atom. The van der Waals surface area contributed by atoms with Crippen molar-refractivity contribution in [3.05, 3.63) is 46.9 Å². The van der Waals surface area contributed by atoms with Gasteiger partial charge in [-0.15, -0.1) is 0 Å². The van der Waals surface area contributed by atoms with E-state index >= 15 is 0 Å². The second kappa shape index (κ2) is 5.07. The van der Waals surface area contributed by atoms with Crippen LogP contribution in [0.5, 0.6) is 0 Å². The van der Waals surface area contributed by atoms with Crippen molar-refractivity contribution in [2.75, 3.05) is 0 Å². The van der Waals surface area contributed by atoms with Crippen molar-refractivity contribution in [2.45, 2.75) is 38.9 Å². The number of hydrogen-bond donors (Lipinski definition) is 0. The molecule has 0 saturated carbocycles. The average molecular weight is 318 g/mol. The lowest BCUT2D eigenvalue weighted by Gasteiger charge is -2.32. The van der Waals surface area contributed by atoms with Crippen LogP contribution in [0.1, 0.15) is 27.7 Å². The third kappa shape index (κ3) is 2.54. The summed E-state index contributed by atoms with van der Waals surface area (Å²) >= 11 is 0. The summed E-state index contributed by atoms with van der Waals surface area (Å²) in [6.45, 7) is 7.78. The lowest BCUT2D eigenvalue weighted by molar-refractivity contribution is 0.00578. The molecule has 7 heteroatoms. The molecule has 122 valence electrons. The van der Waals surface area contributed by atoms with Crippen LogP contribution in [0.2, 0.25) is 0 Å². The molecule has 0 spiro atoms. The maximum absolute atomic E-state index is 14.5. The van der Waals surface area contributed by atoms with Gasteiger partial charge in [0.05, 0.1) is 16.9 Å². The molecular formula is C16H20BFN2O3. The lowest BCUT2D eigenvalue weighted by atomic mass is 9.79. The quantitative estimate of drug-likeness (QED) is 0.791. The summed E-state index contributed by atoms with van der Waals surface area (Å²) in [5.74, 6) is -0.495. The van der Waals surface area contributed by atoms with Crippen LogP contribution in [0.15, 0.2) is 35.4 Å². The molecule has 0 bridgehead atoms. The van der Waals surface area contributed by atoms with Gasteiger partial charge < -0.3 is 13.9 Å². The number of benzene rings is 1. The molecule has 1 aromatic heterocycles. The molecule has 5 nitrogen and oxygen atoms in total. The van der Waals surface area contributed by atoms with Gasteiger partial charge in [0.25, 0.3) is 0 Å². The van der Waals surface area contributed by atoms with Crippen LogP contribution in [0.3, 0.4) is 0 Å². The SMILES string of the molecule is Cn1ccn(-c2ccc(B3OC(C)(C)C(C)(C)O3)cc2F)c1=O. The fourth-order valence-electron chi connectivity index (χ4n) is 2.49. The van der Waals surface area contributed by atoms with E-state index in [2.05, 4.69) is 0 Å². The van der Waals surface area contributed by atoms with Gasteiger partial charge in [0.2, 0.25) is 0 Å². The summed E-state index contributed by atoms with van der Waals surface area (Å²) in [7, 11) is 0.992. The molecule has 1 fully saturated rings. The zero-order chi connectivity index (χ0) is 17.0. The van der Waals surface area contributed by atoms with Gasteiger partial charge in [-0.25, -0.2) is 9.18 Å². The zero-order valence-corrected chi connectivity index (χ0v) is 14.0. The molecule has 0 amide bonds. The Balaban J connectivity index is 1.95. The molecule has 1 aliphatic heterocycles. The fraction of sp³-hybridized carbons (Fsp3) is 0.438. The van der Waals surface area contributed by atoms with Gasteiger partial charge in [-0.05, 0) is 45.3 Å². The van der Waals surface area contributed by atoms with Crippen LogP contribution in [0.25, 0.3) is 5.69 Å². The molecule has 0 aliphatic carbocycles. The lowest BCUT2D eigenvalue weighted by Crippen LogP contribution is -2.41. The maximum Gasteiger partial charge on any atom is 0.494 e. The Bertz CT molecular complexity index is 794. The average Bonchev–Trinajstić information content (AvgIpc) is 2.88. The number of rotatable bonds is 2. The van der Waals surface area contributed by atoms with E-state index in [-0.39, 0.29) is 11.4 Å². The van der Waals surface area contributed by atoms with Crippen LogP contribution < -0.4 is 11.2 Å². The van der Waals surface area contributed by atoms with E-state index in [1.54, 1.807) is 25.4 Å². The molecule has 3 rings (SSSR count). The fourth-order valence-corrected chi connectivity index (χ4v) is 2.49. The van der Waals surface area contributed by atoms with Crippen molar-refractivity contribution in [3.63, 3.8) is 0 Å². The summed E-state index contributed by atoms with van der Waals surface area (Å²) in [6.07, 6.45) is 3.12. The van der Waals surface area contributed by atoms with Gasteiger partial charge in [0.1, 0.15) is 5.82 Å². The topological polar surface area (TPSA) is 45.4 Å². The molecule has 2 heterocycles. The molecule has 2 aromatic rings. The molecule has 0 radical (unpaired) electrons. The second-order valence-corrected chi connectivity index (χ2v) is 6.86. The smallest absolute Gasteiger partial charge is 0.399 e. The third-order valence-electron chi connectivity index (χ3n) is 4.70. The first-order valence-corrected chi connectivity index (χ1v) is 7.52. The molecule has 23 heavy (non-hydrogen) atoms. The van der Waals surface area contributed by atoms with E-state index in [0.29, 0.717) is 5.46 Å². The van der Waals surface area contributed by atoms with Crippen molar-refractivity contribution < 1.29 is 13.7 Å². The van der Waals surface area contributed by atoms with Gasteiger partial charge in [-0.2, -0.15) is 0 Å². The molecule has 1 aliphatic rings. The standard InChI is InChI=1S/C16H20BFN2O3/c1-15(2)16(3,4)23-17(22-15)11-6-7-13(12(18)10-11)20-9-8-19(5)14(20)21/h6-10H,1-5H3. The minimum atomic E-state index is -0.629. The Kier molecular flexibility index (Phi) is 3.53. The summed E-state index contributed by atoms with van der Waals surface area (Å²) in [5.41, 5.74) is -0.469. The third-order valence-corrected chi connectivity index (χ3v) is 4.70. The van der Waals surface area contributed by atoms with Crippen molar-refractivity contribution in [3.8, 4) is 5.69 Å². The van der Waals surface area contributed by atoms with E-state index in [1.807, 2.05) is 27.7 Å². The van der Waals surface area contributed by atoms with Crippen LogP contribution >= 0.6 is 0 Å².